The first kappa shape index (κ1) is 19.9. The van der Waals surface area contributed by atoms with Gasteiger partial charge in [-0.1, -0.05) is 31.7 Å². The third-order valence-electron chi connectivity index (χ3n) is 5.12. The van der Waals surface area contributed by atoms with E-state index in [0.717, 1.165) is 24.5 Å². The van der Waals surface area contributed by atoms with E-state index >= 15 is 0 Å². The lowest BCUT2D eigenvalue weighted by molar-refractivity contribution is -0.137. The Balaban J connectivity index is 1.82. The Morgan fingerprint density at radius 3 is 2.67 bits per heavy atom. The number of hydrogen-bond donors (Lipinski definition) is 0. The molecule has 2 aromatic rings. The van der Waals surface area contributed by atoms with Crippen LogP contribution >= 0.6 is 11.3 Å². The maximum atomic E-state index is 13.2. The summed E-state index contributed by atoms with van der Waals surface area (Å²) in [7, 11) is 1.27. The molecule has 0 spiro atoms. The number of aryl methyl sites for hydroxylation is 1. The van der Waals surface area contributed by atoms with E-state index in [9.17, 15) is 18.0 Å². The monoisotopic (exact) mass is 397 g/mol. The number of rotatable bonds is 6. The zero-order chi connectivity index (χ0) is 19.4. The van der Waals surface area contributed by atoms with Crippen molar-refractivity contribution in [2.75, 3.05) is 7.11 Å². The number of aromatic nitrogens is 1. The van der Waals surface area contributed by atoms with Gasteiger partial charge in [-0.05, 0) is 42.0 Å². The van der Waals surface area contributed by atoms with E-state index in [1.54, 1.807) is 11.4 Å². The molecule has 0 radical (unpaired) electrons. The van der Waals surface area contributed by atoms with Gasteiger partial charge >= 0.3 is 12.1 Å². The highest BCUT2D eigenvalue weighted by molar-refractivity contribution is 7.09. The van der Waals surface area contributed by atoms with Gasteiger partial charge in [0.1, 0.15) is 0 Å². The molecule has 1 aliphatic rings. The van der Waals surface area contributed by atoms with E-state index in [1.807, 2.05) is 0 Å². The molecular formula is C20H22F3NO2S. The third-order valence-corrected chi connectivity index (χ3v) is 5.97. The molecule has 1 heterocycles. The number of methoxy groups -OCH3 is 1. The number of alkyl halides is 3. The Kier molecular flexibility index (Phi) is 6.19. The summed E-state index contributed by atoms with van der Waals surface area (Å²) in [6.07, 6.45) is 2.61. The second-order valence-corrected chi connectivity index (χ2v) is 7.91. The molecule has 0 amide bonds. The van der Waals surface area contributed by atoms with Crippen LogP contribution in [0, 0.1) is 5.92 Å². The molecular weight excluding hydrogens is 375 g/mol. The molecule has 0 bridgehead atoms. The summed E-state index contributed by atoms with van der Waals surface area (Å²) >= 11 is 1.26. The van der Waals surface area contributed by atoms with Crippen LogP contribution in [0.3, 0.4) is 0 Å². The second-order valence-electron chi connectivity index (χ2n) is 6.97. The number of hydrogen-bond acceptors (Lipinski definition) is 4. The summed E-state index contributed by atoms with van der Waals surface area (Å²) in [6, 6.07) is 3.99. The minimum atomic E-state index is -4.38. The molecule has 1 aromatic heterocycles. The number of esters is 1. The summed E-state index contributed by atoms with van der Waals surface area (Å²) < 4.78 is 44.1. The summed E-state index contributed by atoms with van der Waals surface area (Å²) in [5.74, 6) is 0.133. The number of nitrogens with zero attached hydrogens (tertiary/aromatic N) is 1. The number of carbonyl (C=O) groups excluding carboxylic acids is 1. The summed E-state index contributed by atoms with van der Waals surface area (Å²) in [5.41, 5.74) is 1.11. The Morgan fingerprint density at radius 1 is 1.26 bits per heavy atom. The highest BCUT2D eigenvalue weighted by Gasteiger charge is 2.31. The van der Waals surface area contributed by atoms with E-state index in [4.69, 9.17) is 0 Å². The topological polar surface area (TPSA) is 39.2 Å². The molecule has 3 nitrogen and oxygen atoms in total. The predicted molar refractivity (Wildman–Crippen MR) is 98.0 cm³/mol. The minimum absolute atomic E-state index is 0.192. The van der Waals surface area contributed by atoms with Gasteiger partial charge < -0.3 is 4.74 Å². The van der Waals surface area contributed by atoms with Gasteiger partial charge in [0, 0.05) is 11.8 Å². The Labute approximate surface area is 160 Å². The van der Waals surface area contributed by atoms with Crippen LogP contribution < -0.4 is 0 Å². The predicted octanol–water partition coefficient (Wildman–Crippen LogP) is 5.66. The molecule has 1 saturated carbocycles. The number of carbonyl (C=O) groups is 1. The van der Waals surface area contributed by atoms with Gasteiger partial charge in [0.25, 0.3) is 0 Å². The first-order valence-electron chi connectivity index (χ1n) is 9.08. The largest absolute Gasteiger partial charge is 0.464 e. The molecule has 0 unspecified atom stereocenters. The summed E-state index contributed by atoms with van der Waals surface area (Å²) in [4.78, 5) is 15.8. The molecule has 0 atom stereocenters. The minimum Gasteiger partial charge on any atom is -0.464 e. The van der Waals surface area contributed by atoms with E-state index in [2.05, 4.69) is 9.72 Å². The van der Waals surface area contributed by atoms with E-state index in [-0.39, 0.29) is 12.1 Å². The summed E-state index contributed by atoms with van der Waals surface area (Å²) in [5, 5.41) is 2.18. The van der Waals surface area contributed by atoms with Gasteiger partial charge in [-0.25, -0.2) is 9.78 Å². The fourth-order valence-electron chi connectivity index (χ4n) is 3.62. The van der Waals surface area contributed by atoms with Crippen molar-refractivity contribution in [3.05, 3.63) is 51.0 Å². The van der Waals surface area contributed by atoms with Gasteiger partial charge in [-0.2, -0.15) is 13.2 Å². The first-order valence-corrected chi connectivity index (χ1v) is 9.96. The Morgan fingerprint density at radius 2 is 2.00 bits per heavy atom. The van der Waals surface area contributed by atoms with Gasteiger partial charge in [0.15, 0.2) is 5.69 Å². The fourth-order valence-corrected chi connectivity index (χ4v) is 4.41. The van der Waals surface area contributed by atoms with Crippen LogP contribution in [0.5, 0.6) is 0 Å². The smallest absolute Gasteiger partial charge is 0.416 e. The molecule has 0 N–H and O–H groups in total. The number of ether oxygens (including phenoxy) is 1. The normalized spacial score (nSPS) is 15.3. The average molecular weight is 397 g/mol. The lowest BCUT2D eigenvalue weighted by Gasteiger charge is -2.15. The van der Waals surface area contributed by atoms with Crippen molar-refractivity contribution in [1.82, 2.24) is 4.98 Å². The van der Waals surface area contributed by atoms with E-state index < -0.39 is 17.7 Å². The van der Waals surface area contributed by atoms with Crippen molar-refractivity contribution in [1.29, 1.82) is 0 Å². The van der Waals surface area contributed by atoms with Crippen LogP contribution in [0.25, 0.3) is 0 Å². The second kappa shape index (κ2) is 8.42. The fraction of sp³-hybridized carbons (Fsp3) is 0.500. The third kappa shape index (κ3) is 5.09. The zero-order valence-electron chi connectivity index (χ0n) is 15.1. The summed E-state index contributed by atoms with van der Waals surface area (Å²) in [6.45, 7) is 0. The SMILES string of the molecule is COC(=O)c1csc(Cc2cc(C(F)(F)F)ccc2CCC2CCCC2)n1. The highest BCUT2D eigenvalue weighted by Crippen LogP contribution is 2.33. The molecule has 0 saturated heterocycles. The zero-order valence-corrected chi connectivity index (χ0v) is 16.0. The van der Waals surface area contributed by atoms with Crippen molar-refractivity contribution in [2.45, 2.75) is 51.1 Å². The molecule has 1 aromatic carbocycles. The van der Waals surface area contributed by atoms with Crippen LogP contribution in [-0.2, 0) is 23.8 Å². The number of halogens is 3. The number of thiazole rings is 1. The van der Waals surface area contributed by atoms with Gasteiger partial charge in [-0.3, -0.25) is 0 Å². The molecule has 7 heteroatoms. The van der Waals surface area contributed by atoms with Gasteiger partial charge in [0.2, 0.25) is 0 Å². The van der Waals surface area contributed by atoms with Crippen LogP contribution in [-0.4, -0.2) is 18.1 Å². The van der Waals surface area contributed by atoms with Gasteiger partial charge in [-0.15, -0.1) is 11.3 Å². The van der Waals surface area contributed by atoms with Crippen LogP contribution in [0.15, 0.2) is 23.6 Å². The van der Waals surface area contributed by atoms with E-state index in [0.29, 0.717) is 16.5 Å². The van der Waals surface area contributed by atoms with E-state index in [1.165, 1.54) is 50.2 Å². The molecule has 0 aliphatic heterocycles. The van der Waals surface area contributed by atoms with Gasteiger partial charge in [0.05, 0.1) is 17.7 Å². The molecule has 27 heavy (non-hydrogen) atoms. The highest BCUT2D eigenvalue weighted by atomic mass is 32.1. The Hall–Kier alpha value is -1.89. The maximum absolute atomic E-state index is 13.2. The lowest BCUT2D eigenvalue weighted by atomic mass is 9.93. The van der Waals surface area contributed by atoms with Crippen molar-refractivity contribution in [2.24, 2.45) is 5.92 Å². The quantitative estimate of drug-likeness (QED) is 0.590. The number of benzene rings is 1. The van der Waals surface area contributed by atoms with Crippen molar-refractivity contribution in [3.8, 4) is 0 Å². The van der Waals surface area contributed by atoms with Crippen molar-refractivity contribution in [3.63, 3.8) is 0 Å². The molecule has 3 rings (SSSR count). The average Bonchev–Trinajstić information content (AvgIpc) is 3.31. The molecule has 146 valence electrons. The van der Waals surface area contributed by atoms with Crippen LogP contribution in [0.4, 0.5) is 13.2 Å². The maximum Gasteiger partial charge on any atom is 0.416 e. The van der Waals surface area contributed by atoms with Crippen molar-refractivity contribution < 1.29 is 22.7 Å². The van der Waals surface area contributed by atoms with Crippen LogP contribution in [0.2, 0.25) is 0 Å². The Bertz CT molecular complexity index is 795. The van der Waals surface area contributed by atoms with Crippen LogP contribution in [0.1, 0.15) is 64.3 Å². The lowest BCUT2D eigenvalue weighted by Crippen LogP contribution is -2.08. The standard InChI is InChI=1S/C20H22F3NO2S/c1-26-19(25)17-12-27-18(24-17)11-15-10-16(20(21,22)23)9-8-14(15)7-6-13-4-2-3-5-13/h8-10,12-13H,2-7,11H2,1H3. The molecule has 1 aliphatic carbocycles. The van der Waals surface area contributed by atoms with Crippen molar-refractivity contribution >= 4 is 17.3 Å². The first-order chi connectivity index (χ1) is 12.9. The molecule has 1 fully saturated rings.